The van der Waals surface area contributed by atoms with E-state index in [9.17, 15) is 9.59 Å². The lowest BCUT2D eigenvalue weighted by molar-refractivity contribution is -0.139. The van der Waals surface area contributed by atoms with E-state index in [0.29, 0.717) is 33.0 Å². The number of hydrogen-bond donors (Lipinski definition) is 0. The van der Waals surface area contributed by atoms with Crippen molar-refractivity contribution in [3.63, 3.8) is 0 Å². The maximum Gasteiger partial charge on any atom is 0.338 e. The maximum absolute atomic E-state index is 13.4. The Balaban J connectivity index is 1.88. The molecule has 6 nitrogen and oxygen atoms in total. The quantitative estimate of drug-likeness (QED) is 0.395. The van der Waals surface area contributed by atoms with Crippen molar-refractivity contribution in [1.82, 2.24) is 4.57 Å². The molecule has 3 heterocycles. The van der Waals surface area contributed by atoms with Crippen LogP contribution in [0.25, 0.3) is 6.08 Å². The molecular weight excluding hydrogens is 444 g/mol. The Morgan fingerprint density at radius 2 is 2.06 bits per heavy atom. The molecule has 4 rings (SSSR count). The summed E-state index contributed by atoms with van der Waals surface area (Å²) in [5.41, 5.74) is 1.50. The van der Waals surface area contributed by atoms with E-state index < -0.39 is 12.0 Å². The van der Waals surface area contributed by atoms with Crippen molar-refractivity contribution >= 4 is 34.7 Å². The number of thiophene rings is 1. The Hall–Kier alpha value is -3.23. The van der Waals surface area contributed by atoms with Crippen LogP contribution < -0.4 is 19.6 Å². The van der Waals surface area contributed by atoms with Gasteiger partial charge in [0.2, 0.25) is 0 Å². The molecule has 1 atom stereocenters. The number of nitrogens with zero attached hydrogens (tertiary/aromatic N) is 2. The topological polar surface area (TPSA) is 69.9 Å². The van der Waals surface area contributed by atoms with Gasteiger partial charge in [-0.2, -0.15) is 0 Å². The summed E-state index contributed by atoms with van der Waals surface area (Å²) >= 11 is 2.87. The molecule has 0 amide bonds. The second-order valence-corrected chi connectivity index (χ2v) is 8.97. The highest BCUT2D eigenvalue weighted by Gasteiger charge is 2.33. The van der Waals surface area contributed by atoms with Gasteiger partial charge in [0, 0.05) is 4.88 Å². The van der Waals surface area contributed by atoms with Crippen molar-refractivity contribution in [1.29, 1.82) is 0 Å². The van der Waals surface area contributed by atoms with E-state index in [1.807, 2.05) is 47.9 Å². The van der Waals surface area contributed by atoms with Crippen molar-refractivity contribution in [2.24, 2.45) is 4.99 Å². The fourth-order valence-corrected chi connectivity index (χ4v) is 5.28. The predicted molar refractivity (Wildman–Crippen MR) is 127 cm³/mol. The first kappa shape index (κ1) is 22.0. The van der Waals surface area contributed by atoms with Crippen LogP contribution in [0.15, 0.2) is 75.5 Å². The zero-order chi connectivity index (χ0) is 22.7. The van der Waals surface area contributed by atoms with Gasteiger partial charge in [-0.3, -0.25) is 9.36 Å². The minimum Gasteiger partial charge on any atom is -0.490 e. The number of allylic oxidation sites excluding steroid dienone is 1. The van der Waals surface area contributed by atoms with Crippen molar-refractivity contribution in [2.75, 3.05) is 13.2 Å². The molecule has 1 aliphatic heterocycles. The molecule has 0 aliphatic carbocycles. The number of fused-ring (bicyclic) bond motifs is 1. The highest BCUT2D eigenvalue weighted by Crippen LogP contribution is 2.31. The minimum atomic E-state index is -0.635. The van der Waals surface area contributed by atoms with Crippen LogP contribution in [-0.2, 0) is 9.53 Å². The Morgan fingerprint density at radius 3 is 2.72 bits per heavy atom. The number of benzene rings is 1. The van der Waals surface area contributed by atoms with Gasteiger partial charge in [-0.15, -0.1) is 11.3 Å². The van der Waals surface area contributed by atoms with Gasteiger partial charge in [-0.25, -0.2) is 9.79 Å². The van der Waals surface area contributed by atoms with Gasteiger partial charge in [0.05, 0.1) is 28.5 Å². The number of thiazole rings is 1. The molecule has 32 heavy (non-hydrogen) atoms. The summed E-state index contributed by atoms with van der Waals surface area (Å²) in [6, 6.07) is 10.6. The molecule has 0 unspecified atom stereocenters. The molecule has 0 fully saturated rings. The zero-order valence-corrected chi connectivity index (χ0v) is 19.4. The first-order valence-electron chi connectivity index (χ1n) is 10.1. The predicted octanol–water partition coefficient (Wildman–Crippen LogP) is 3.42. The largest absolute Gasteiger partial charge is 0.490 e. The number of carbonyl (C=O) groups is 1. The van der Waals surface area contributed by atoms with Gasteiger partial charge in [0.15, 0.2) is 4.80 Å². The molecule has 0 saturated heterocycles. The van der Waals surface area contributed by atoms with Gasteiger partial charge in [0.1, 0.15) is 12.4 Å². The molecular formula is C24H22N2O4S2. The normalized spacial score (nSPS) is 15.8. The molecule has 164 valence electrons. The number of ether oxygens (including phenoxy) is 2. The summed E-state index contributed by atoms with van der Waals surface area (Å²) in [6.45, 7) is 7.81. The highest BCUT2D eigenvalue weighted by atomic mass is 32.1. The molecule has 0 N–H and O–H groups in total. The average molecular weight is 467 g/mol. The van der Waals surface area contributed by atoms with E-state index in [0.717, 1.165) is 10.4 Å². The van der Waals surface area contributed by atoms with Crippen LogP contribution in [0.5, 0.6) is 5.75 Å². The number of carbonyl (C=O) groups excluding carboxylic acids is 1. The SMILES string of the molecule is C=CCOc1ccc([C@H]2C(C(=O)OCC)=C(C)N=c3sc(=Cc4cccs4)c(=O)n32)cc1. The number of rotatable bonds is 7. The first-order chi connectivity index (χ1) is 15.5. The monoisotopic (exact) mass is 466 g/mol. The first-order valence-corrected chi connectivity index (χ1v) is 11.8. The Morgan fingerprint density at radius 1 is 1.28 bits per heavy atom. The number of esters is 1. The molecule has 2 aromatic heterocycles. The lowest BCUT2D eigenvalue weighted by Crippen LogP contribution is -2.39. The van der Waals surface area contributed by atoms with Gasteiger partial charge in [-0.1, -0.05) is 42.2 Å². The fourth-order valence-electron chi connectivity index (χ4n) is 3.51. The standard InChI is InChI=1S/C24H22N2O4S2/c1-4-12-30-17-10-8-16(9-11-17)21-20(23(28)29-5-2)15(3)25-24-26(21)22(27)19(32-24)14-18-7-6-13-31-18/h4,6-11,13-14,21H,1,5,12H2,2-3H3/t21-/m0/s1. The number of hydrogen-bond acceptors (Lipinski definition) is 7. The van der Waals surface area contributed by atoms with Crippen LogP contribution in [0.1, 0.15) is 30.3 Å². The van der Waals surface area contributed by atoms with Crippen LogP contribution in [0, 0.1) is 0 Å². The summed E-state index contributed by atoms with van der Waals surface area (Å²) in [7, 11) is 0. The van der Waals surface area contributed by atoms with Crippen molar-refractivity contribution < 1.29 is 14.3 Å². The summed E-state index contributed by atoms with van der Waals surface area (Å²) in [4.78, 5) is 32.5. The van der Waals surface area contributed by atoms with Gasteiger partial charge < -0.3 is 9.47 Å². The van der Waals surface area contributed by atoms with Gasteiger partial charge in [-0.05, 0) is 49.1 Å². The summed E-state index contributed by atoms with van der Waals surface area (Å²) in [6.07, 6.45) is 3.53. The van der Waals surface area contributed by atoms with Crippen molar-refractivity contribution in [3.05, 3.63) is 95.8 Å². The van der Waals surface area contributed by atoms with Crippen LogP contribution in [0.3, 0.4) is 0 Å². The molecule has 1 aromatic carbocycles. The third-order valence-corrected chi connectivity index (χ3v) is 6.70. The molecule has 0 spiro atoms. The number of aromatic nitrogens is 1. The fraction of sp³-hybridized carbons (Fsp3) is 0.208. The van der Waals surface area contributed by atoms with Gasteiger partial charge in [0.25, 0.3) is 5.56 Å². The molecule has 1 aliphatic rings. The van der Waals surface area contributed by atoms with E-state index in [4.69, 9.17) is 9.47 Å². The Kier molecular flexibility index (Phi) is 6.53. The van der Waals surface area contributed by atoms with Gasteiger partial charge >= 0.3 is 5.97 Å². The zero-order valence-electron chi connectivity index (χ0n) is 17.7. The minimum absolute atomic E-state index is 0.187. The van der Waals surface area contributed by atoms with Crippen molar-refractivity contribution in [2.45, 2.75) is 19.9 Å². The summed E-state index contributed by atoms with van der Waals surface area (Å²) in [5, 5.41) is 1.96. The Bertz CT molecular complexity index is 1350. The lowest BCUT2D eigenvalue weighted by Gasteiger charge is -2.24. The smallest absolute Gasteiger partial charge is 0.338 e. The third-order valence-electron chi connectivity index (χ3n) is 4.90. The van der Waals surface area contributed by atoms with E-state index in [2.05, 4.69) is 11.6 Å². The highest BCUT2D eigenvalue weighted by molar-refractivity contribution is 7.11. The third kappa shape index (κ3) is 4.24. The Labute approximate surface area is 193 Å². The molecule has 8 heteroatoms. The second-order valence-electron chi connectivity index (χ2n) is 6.99. The summed E-state index contributed by atoms with van der Waals surface area (Å²) < 4.78 is 13.0. The van der Waals surface area contributed by atoms with Crippen LogP contribution in [-0.4, -0.2) is 23.8 Å². The van der Waals surface area contributed by atoms with Crippen LogP contribution in [0.2, 0.25) is 0 Å². The lowest BCUT2D eigenvalue weighted by atomic mass is 9.96. The molecule has 0 bridgehead atoms. The van der Waals surface area contributed by atoms with E-state index >= 15 is 0 Å². The van der Waals surface area contributed by atoms with Crippen molar-refractivity contribution in [3.8, 4) is 5.75 Å². The maximum atomic E-state index is 13.4. The molecule has 3 aromatic rings. The second kappa shape index (κ2) is 9.50. The van der Waals surface area contributed by atoms with Crippen LogP contribution in [0.4, 0.5) is 0 Å². The molecule has 0 saturated carbocycles. The molecule has 0 radical (unpaired) electrons. The summed E-state index contributed by atoms with van der Waals surface area (Å²) in [5.74, 6) is 0.204. The average Bonchev–Trinajstić information content (AvgIpc) is 3.40. The van der Waals surface area contributed by atoms with E-state index in [1.54, 1.807) is 35.8 Å². The van der Waals surface area contributed by atoms with E-state index in [-0.39, 0.29) is 12.2 Å². The van der Waals surface area contributed by atoms with E-state index in [1.165, 1.54) is 11.3 Å². The van der Waals surface area contributed by atoms with Crippen LogP contribution >= 0.6 is 22.7 Å².